The lowest BCUT2D eigenvalue weighted by atomic mass is 10.1. The van der Waals surface area contributed by atoms with Crippen LogP contribution in [0.1, 0.15) is 23.2 Å². The molecule has 0 bridgehead atoms. The van der Waals surface area contributed by atoms with Gasteiger partial charge in [-0.15, -0.1) is 0 Å². The van der Waals surface area contributed by atoms with Gasteiger partial charge in [0.2, 0.25) is 5.91 Å². The molecule has 1 saturated heterocycles. The second-order valence-corrected chi connectivity index (χ2v) is 4.54. The van der Waals surface area contributed by atoms with Crippen molar-refractivity contribution in [3.05, 3.63) is 34.6 Å². The van der Waals surface area contributed by atoms with Gasteiger partial charge in [0.25, 0.3) is 5.91 Å². The fourth-order valence-electron chi connectivity index (χ4n) is 1.79. The number of carbonyl (C=O) groups is 2. The first-order chi connectivity index (χ1) is 8.56. The van der Waals surface area contributed by atoms with Crippen molar-refractivity contribution in [3.8, 4) is 0 Å². The summed E-state index contributed by atoms with van der Waals surface area (Å²) in [4.78, 5) is 22.9. The zero-order valence-corrected chi connectivity index (χ0v) is 10.3. The summed E-state index contributed by atoms with van der Waals surface area (Å²) in [6, 6.07) is 3.51. The lowest BCUT2D eigenvalue weighted by Crippen LogP contribution is -2.47. The molecule has 2 amide bonds. The normalized spacial score (nSPS) is 19.2. The van der Waals surface area contributed by atoms with Crippen LogP contribution in [0.15, 0.2) is 18.2 Å². The van der Waals surface area contributed by atoms with E-state index in [1.165, 1.54) is 12.1 Å². The van der Waals surface area contributed by atoms with E-state index >= 15 is 0 Å². The molecule has 1 heterocycles. The average molecular weight is 271 g/mol. The second kappa shape index (κ2) is 5.35. The quantitative estimate of drug-likeness (QED) is 0.855. The van der Waals surface area contributed by atoms with Gasteiger partial charge in [0.15, 0.2) is 0 Å². The van der Waals surface area contributed by atoms with Crippen LogP contribution in [0.2, 0.25) is 5.02 Å². The van der Waals surface area contributed by atoms with Crippen molar-refractivity contribution in [2.24, 2.45) is 0 Å². The molecule has 1 aliphatic heterocycles. The van der Waals surface area contributed by atoms with Gasteiger partial charge in [-0.25, -0.2) is 4.39 Å². The maximum Gasteiger partial charge on any atom is 0.253 e. The third-order valence-corrected chi connectivity index (χ3v) is 3.09. The number of amides is 2. The van der Waals surface area contributed by atoms with E-state index in [1.54, 1.807) is 0 Å². The van der Waals surface area contributed by atoms with E-state index in [9.17, 15) is 14.0 Å². The molecule has 2 rings (SSSR count). The largest absolute Gasteiger partial charge is 0.354 e. The third-order valence-electron chi connectivity index (χ3n) is 2.78. The van der Waals surface area contributed by atoms with E-state index in [-0.39, 0.29) is 28.4 Å². The van der Waals surface area contributed by atoms with Crippen molar-refractivity contribution in [1.82, 2.24) is 10.6 Å². The van der Waals surface area contributed by atoms with E-state index in [0.29, 0.717) is 19.4 Å². The maximum absolute atomic E-state index is 12.8. The molecule has 4 nitrogen and oxygen atoms in total. The van der Waals surface area contributed by atoms with Crippen LogP contribution < -0.4 is 10.6 Å². The molecule has 1 unspecified atom stereocenters. The van der Waals surface area contributed by atoms with E-state index < -0.39 is 5.82 Å². The van der Waals surface area contributed by atoms with Crippen molar-refractivity contribution < 1.29 is 14.0 Å². The van der Waals surface area contributed by atoms with Gasteiger partial charge in [-0.1, -0.05) is 11.6 Å². The second-order valence-electron chi connectivity index (χ2n) is 4.14. The topological polar surface area (TPSA) is 58.2 Å². The molecule has 1 atom stereocenters. The number of nitrogens with one attached hydrogen (secondary N) is 2. The molecular formula is C12H12ClFN2O2. The number of halogens is 2. The molecule has 96 valence electrons. The zero-order valence-electron chi connectivity index (χ0n) is 9.50. The Morgan fingerprint density at radius 3 is 2.89 bits per heavy atom. The van der Waals surface area contributed by atoms with Crippen LogP contribution in [0.4, 0.5) is 4.39 Å². The van der Waals surface area contributed by atoms with E-state index in [1.807, 2.05) is 0 Å². The first-order valence-corrected chi connectivity index (χ1v) is 5.96. The molecule has 2 N–H and O–H groups in total. The molecule has 1 aromatic rings. The molecule has 0 radical (unpaired) electrons. The van der Waals surface area contributed by atoms with Crippen molar-refractivity contribution in [3.63, 3.8) is 0 Å². The van der Waals surface area contributed by atoms with Gasteiger partial charge in [0.1, 0.15) is 5.82 Å². The smallest absolute Gasteiger partial charge is 0.253 e. The third kappa shape index (κ3) is 2.98. The molecule has 6 heteroatoms. The van der Waals surface area contributed by atoms with Crippen LogP contribution in [0.25, 0.3) is 0 Å². The van der Waals surface area contributed by atoms with Crippen LogP contribution in [-0.2, 0) is 4.79 Å². The minimum atomic E-state index is -0.485. The van der Waals surface area contributed by atoms with Crippen LogP contribution in [-0.4, -0.2) is 24.4 Å². The monoisotopic (exact) mass is 270 g/mol. The van der Waals surface area contributed by atoms with Gasteiger partial charge in [0.05, 0.1) is 10.6 Å². The van der Waals surface area contributed by atoms with Gasteiger partial charge in [-0.3, -0.25) is 9.59 Å². The Balaban J connectivity index is 2.01. The van der Waals surface area contributed by atoms with Crippen molar-refractivity contribution in [2.45, 2.75) is 18.9 Å². The number of carbonyl (C=O) groups excluding carboxylic acids is 2. The van der Waals surface area contributed by atoms with Crippen molar-refractivity contribution in [2.75, 3.05) is 6.54 Å². The molecule has 1 aromatic carbocycles. The van der Waals surface area contributed by atoms with Crippen LogP contribution >= 0.6 is 11.6 Å². The van der Waals surface area contributed by atoms with E-state index in [4.69, 9.17) is 11.6 Å². The number of piperidine rings is 1. The lowest BCUT2D eigenvalue weighted by molar-refractivity contribution is -0.122. The Morgan fingerprint density at radius 1 is 1.50 bits per heavy atom. The zero-order chi connectivity index (χ0) is 13.1. The number of hydrogen-bond donors (Lipinski definition) is 2. The molecule has 1 aliphatic rings. The summed E-state index contributed by atoms with van der Waals surface area (Å²) in [5, 5.41) is 5.50. The van der Waals surface area contributed by atoms with Crippen LogP contribution in [0, 0.1) is 5.82 Å². The summed E-state index contributed by atoms with van der Waals surface area (Å²) < 4.78 is 12.8. The molecule has 0 saturated carbocycles. The number of benzene rings is 1. The Hall–Kier alpha value is -1.62. The Labute approximate surface area is 109 Å². The van der Waals surface area contributed by atoms with Crippen molar-refractivity contribution in [1.29, 1.82) is 0 Å². The SMILES string of the molecule is O=C1CCC(NC(=O)c2ccc(F)cc2Cl)CN1. The summed E-state index contributed by atoms with van der Waals surface area (Å²) in [6.07, 6.45) is 0.985. The molecular weight excluding hydrogens is 259 g/mol. The lowest BCUT2D eigenvalue weighted by Gasteiger charge is -2.23. The predicted octanol–water partition coefficient (Wildman–Crippen LogP) is 1.49. The summed E-state index contributed by atoms with van der Waals surface area (Å²) in [6.45, 7) is 0.406. The van der Waals surface area contributed by atoms with Gasteiger partial charge in [0, 0.05) is 19.0 Å². The molecule has 18 heavy (non-hydrogen) atoms. The standard InChI is InChI=1S/C12H12ClFN2O2/c13-10-5-7(14)1-3-9(10)12(18)16-8-2-4-11(17)15-6-8/h1,3,5,8H,2,4,6H2,(H,15,17)(H,16,18). The predicted molar refractivity (Wildman–Crippen MR) is 64.9 cm³/mol. The maximum atomic E-state index is 12.8. The minimum absolute atomic E-state index is 0.0136. The number of rotatable bonds is 2. The minimum Gasteiger partial charge on any atom is -0.354 e. The molecule has 0 spiro atoms. The Bertz CT molecular complexity index is 483. The van der Waals surface area contributed by atoms with E-state index in [0.717, 1.165) is 6.07 Å². The Kier molecular flexibility index (Phi) is 3.81. The van der Waals surface area contributed by atoms with Gasteiger partial charge < -0.3 is 10.6 Å². The fourth-order valence-corrected chi connectivity index (χ4v) is 2.05. The average Bonchev–Trinajstić information content (AvgIpc) is 2.32. The van der Waals surface area contributed by atoms with Gasteiger partial charge >= 0.3 is 0 Å². The van der Waals surface area contributed by atoms with Crippen molar-refractivity contribution >= 4 is 23.4 Å². The van der Waals surface area contributed by atoms with Gasteiger partial charge in [-0.2, -0.15) is 0 Å². The summed E-state index contributed by atoms with van der Waals surface area (Å²) in [7, 11) is 0. The fraction of sp³-hybridized carbons (Fsp3) is 0.333. The molecule has 0 aliphatic carbocycles. The highest BCUT2D eigenvalue weighted by Crippen LogP contribution is 2.17. The molecule has 0 aromatic heterocycles. The van der Waals surface area contributed by atoms with Crippen LogP contribution in [0.3, 0.4) is 0 Å². The van der Waals surface area contributed by atoms with E-state index in [2.05, 4.69) is 10.6 Å². The summed E-state index contributed by atoms with van der Waals surface area (Å²) in [5.74, 6) is -0.858. The highest BCUT2D eigenvalue weighted by Gasteiger charge is 2.21. The Morgan fingerprint density at radius 2 is 2.28 bits per heavy atom. The summed E-state index contributed by atoms with van der Waals surface area (Å²) >= 11 is 5.79. The number of hydrogen-bond acceptors (Lipinski definition) is 2. The van der Waals surface area contributed by atoms with Gasteiger partial charge in [-0.05, 0) is 24.6 Å². The highest BCUT2D eigenvalue weighted by atomic mass is 35.5. The highest BCUT2D eigenvalue weighted by molar-refractivity contribution is 6.33. The first-order valence-electron chi connectivity index (χ1n) is 5.59. The summed E-state index contributed by atoms with van der Waals surface area (Å²) in [5.41, 5.74) is 0.231. The first kappa shape index (κ1) is 12.8. The van der Waals surface area contributed by atoms with Crippen LogP contribution in [0.5, 0.6) is 0 Å². The molecule has 1 fully saturated rings.